The molecule has 1 N–H and O–H groups in total. The molecular weight excluding hydrogens is 366 g/mol. The summed E-state index contributed by atoms with van der Waals surface area (Å²) in [5.41, 5.74) is -0.232. The average molecular weight is 385 g/mol. The van der Waals surface area contributed by atoms with Gasteiger partial charge >= 0.3 is 0 Å². The highest BCUT2D eigenvalue weighted by atomic mass is 19.3. The van der Waals surface area contributed by atoms with E-state index in [4.69, 9.17) is 9.47 Å². The number of benzene rings is 1. The van der Waals surface area contributed by atoms with Crippen LogP contribution in [0.3, 0.4) is 0 Å². The van der Waals surface area contributed by atoms with Crippen LogP contribution in [0.15, 0.2) is 18.2 Å². The fraction of sp³-hybridized carbons (Fsp3) is 0.444. The summed E-state index contributed by atoms with van der Waals surface area (Å²) in [6, 6.07) is 3.78. The molecule has 2 aromatic rings. The number of hydrogen-bond donors (Lipinski definition) is 1. The predicted octanol–water partition coefficient (Wildman–Crippen LogP) is 4.55. The van der Waals surface area contributed by atoms with Crippen molar-refractivity contribution in [3.63, 3.8) is 0 Å². The highest BCUT2D eigenvalue weighted by Crippen LogP contribution is 2.35. The number of alkyl halides is 3. The quantitative estimate of drug-likeness (QED) is 0.740. The van der Waals surface area contributed by atoms with Gasteiger partial charge in [0.2, 0.25) is 0 Å². The number of aryl methyl sites for hydroxylation is 1. The van der Waals surface area contributed by atoms with Gasteiger partial charge in [0.25, 0.3) is 6.43 Å². The molecule has 1 unspecified atom stereocenters. The van der Waals surface area contributed by atoms with Gasteiger partial charge in [0, 0.05) is 12.1 Å². The first-order valence-corrected chi connectivity index (χ1v) is 8.43. The number of nitrogens with one attached hydrogen (secondary N) is 1. The minimum atomic E-state index is -2.92. The number of halogens is 4. The Morgan fingerprint density at radius 2 is 1.89 bits per heavy atom. The van der Waals surface area contributed by atoms with Crippen LogP contribution in [0.2, 0.25) is 0 Å². The van der Waals surface area contributed by atoms with Gasteiger partial charge in [-0.3, -0.25) is 0 Å². The van der Waals surface area contributed by atoms with Crippen molar-refractivity contribution in [2.24, 2.45) is 0 Å². The standard InChI is InChI=1S/C18H19F4N3O2/c1-9(19)15-13(18-26-6-7-27-18)17(25-10(2)24-15)23-8-11-4-3-5-12(14(11)20)16(21)22/h3-5,9,16,18H,6-8H2,1-2H3,(H,23,24,25). The van der Waals surface area contributed by atoms with Gasteiger partial charge in [-0.15, -0.1) is 0 Å². The molecule has 5 nitrogen and oxygen atoms in total. The van der Waals surface area contributed by atoms with Crippen molar-refractivity contribution in [2.45, 2.75) is 39.3 Å². The Hall–Kier alpha value is -2.26. The molecule has 3 rings (SSSR count). The van der Waals surface area contributed by atoms with Crippen LogP contribution in [0.1, 0.15) is 54.0 Å². The van der Waals surface area contributed by atoms with E-state index in [0.717, 1.165) is 6.07 Å². The summed E-state index contributed by atoms with van der Waals surface area (Å²) >= 11 is 0. The molecule has 1 saturated heterocycles. The van der Waals surface area contributed by atoms with Crippen LogP contribution in [-0.2, 0) is 16.0 Å². The van der Waals surface area contributed by atoms with Crippen LogP contribution in [0.5, 0.6) is 0 Å². The zero-order valence-corrected chi connectivity index (χ0v) is 14.8. The lowest BCUT2D eigenvalue weighted by molar-refractivity contribution is -0.0453. The molecule has 0 radical (unpaired) electrons. The normalized spacial score (nSPS) is 16.1. The molecule has 27 heavy (non-hydrogen) atoms. The molecule has 1 atom stereocenters. The topological polar surface area (TPSA) is 56.3 Å². The predicted molar refractivity (Wildman–Crippen MR) is 89.6 cm³/mol. The smallest absolute Gasteiger partial charge is 0.266 e. The van der Waals surface area contributed by atoms with Crippen LogP contribution in [0.25, 0.3) is 0 Å². The molecule has 0 amide bonds. The fourth-order valence-electron chi connectivity index (χ4n) is 2.88. The first kappa shape index (κ1) is 19.5. The summed E-state index contributed by atoms with van der Waals surface area (Å²) in [5, 5.41) is 2.89. The van der Waals surface area contributed by atoms with Gasteiger partial charge in [-0.1, -0.05) is 18.2 Å². The van der Waals surface area contributed by atoms with E-state index in [-0.39, 0.29) is 23.6 Å². The molecule has 1 aromatic heterocycles. The van der Waals surface area contributed by atoms with Crippen molar-refractivity contribution in [2.75, 3.05) is 18.5 Å². The van der Waals surface area contributed by atoms with Crippen LogP contribution >= 0.6 is 0 Å². The number of hydrogen-bond acceptors (Lipinski definition) is 5. The summed E-state index contributed by atoms with van der Waals surface area (Å²) in [6.07, 6.45) is -5.17. The van der Waals surface area contributed by atoms with Gasteiger partial charge in [0.15, 0.2) is 6.29 Å². The van der Waals surface area contributed by atoms with E-state index < -0.39 is 30.3 Å². The maximum Gasteiger partial charge on any atom is 0.266 e. The molecular formula is C18H19F4N3O2. The number of anilines is 1. The van der Waals surface area contributed by atoms with Gasteiger partial charge in [0.1, 0.15) is 23.6 Å². The Morgan fingerprint density at radius 1 is 1.19 bits per heavy atom. The first-order chi connectivity index (χ1) is 12.9. The molecule has 0 bridgehead atoms. The van der Waals surface area contributed by atoms with Gasteiger partial charge in [-0.05, 0) is 13.8 Å². The summed E-state index contributed by atoms with van der Waals surface area (Å²) in [6.45, 7) is 3.47. The zero-order chi connectivity index (χ0) is 19.6. The Morgan fingerprint density at radius 3 is 2.52 bits per heavy atom. The molecule has 9 heteroatoms. The molecule has 2 heterocycles. The molecule has 0 saturated carbocycles. The lowest BCUT2D eigenvalue weighted by Gasteiger charge is -2.20. The highest BCUT2D eigenvalue weighted by Gasteiger charge is 2.29. The molecule has 146 valence electrons. The van der Waals surface area contributed by atoms with Crippen LogP contribution in [-0.4, -0.2) is 23.2 Å². The molecule has 1 aliphatic heterocycles. The van der Waals surface area contributed by atoms with E-state index in [1.165, 1.54) is 19.1 Å². The van der Waals surface area contributed by atoms with Gasteiger partial charge in [0.05, 0.1) is 30.0 Å². The van der Waals surface area contributed by atoms with E-state index in [1.54, 1.807) is 6.92 Å². The van der Waals surface area contributed by atoms with E-state index >= 15 is 0 Å². The summed E-state index contributed by atoms with van der Waals surface area (Å²) in [5.74, 6) is -0.462. The van der Waals surface area contributed by atoms with Crippen LogP contribution in [0, 0.1) is 12.7 Å². The van der Waals surface area contributed by atoms with E-state index in [9.17, 15) is 17.6 Å². The molecule has 0 spiro atoms. The lowest BCUT2D eigenvalue weighted by Crippen LogP contribution is -2.15. The largest absolute Gasteiger partial charge is 0.365 e. The van der Waals surface area contributed by atoms with Crippen molar-refractivity contribution in [1.82, 2.24) is 9.97 Å². The van der Waals surface area contributed by atoms with E-state index in [1.807, 2.05) is 0 Å². The number of rotatable bonds is 6. The number of ether oxygens (including phenoxy) is 2. The van der Waals surface area contributed by atoms with Gasteiger partial charge < -0.3 is 14.8 Å². The highest BCUT2D eigenvalue weighted by molar-refractivity contribution is 5.49. The second-order valence-corrected chi connectivity index (χ2v) is 6.08. The zero-order valence-electron chi connectivity index (χ0n) is 14.8. The lowest BCUT2D eigenvalue weighted by atomic mass is 10.1. The van der Waals surface area contributed by atoms with Crippen molar-refractivity contribution in [3.05, 3.63) is 52.2 Å². The third-order valence-electron chi connectivity index (χ3n) is 4.11. The Labute approximate surface area is 153 Å². The molecule has 1 fully saturated rings. The second-order valence-electron chi connectivity index (χ2n) is 6.08. The van der Waals surface area contributed by atoms with Crippen LogP contribution in [0.4, 0.5) is 23.4 Å². The molecule has 0 aliphatic carbocycles. The van der Waals surface area contributed by atoms with E-state index in [0.29, 0.717) is 24.6 Å². The first-order valence-electron chi connectivity index (χ1n) is 8.43. The monoisotopic (exact) mass is 385 g/mol. The second kappa shape index (κ2) is 8.18. The SMILES string of the molecule is Cc1nc(NCc2cccc(C(F)F)c2F)c(C2OCCO2)c(C(C)F)n1. The molecule has 1 aliphatic rings. The minimum Gasteiger partial charge on any atom is -0.365 e. The average Bonchev–Trinajstić information content (AvgIpc) is 3.14. The third-order valence-corrected chi connectivity index (χ3v) is 4.11. The summed E-state index contributed by atoms with van der Waals surface area (Å²) < 4.78 is 65.0. The van der Waals surface area contributed by atoms with Gasteiger partial charge in [-0.25, -0.2) is 27.5 Å². The van der Waals surface area contributed by atoms with E-state index in [2.05, 4.69) is 15.3 Å². The van der Waals surface area contributed by atoms with Crippen LogP contribution < -0.4 is 5.32 Å². The Balaban J connectivity index is 1.94. The maximum atomic E-state index is 14.3. The third kappa shape index (κ3) is 4.19. The van der Waals surface area contributed by atoms with Crippen molar-refractivity contribution in [1.29, 1.82) is 0 Å². The van der Waals surface area contributed by atoms with Crippen molar-refractivity contribution < 1.29 is 27.0 Å². The minimum absolute atomic E-state index is 0.0399. The van der Waals surface area contributed by atoms with Crippen molar-refractivity contribution >= 4 is 5.82 Å². The Kier molecular flexibility index (Phi) is 5.91. The maximum absolute atomic E-state index is 14.3. The van der Waals surface area contributed by atoms with Crippen molar-refractivity contribution in [3.8, 4) is 0 Å². The summed E-state index contributed by atoms with van der Waals surface area (Å²) in [7, 11) is 0. The fourth-order valence-corrected chi connectivity index (χ4v) is 2.88. The summed E-state index contributed by atoms with van der Waals surface area (Å²) in [4.78, 5) is 8.37. The number of nitrogens with zero attached hydrogens (tertiary/aromatic N) is 2. The molecule has 1 aromatic carbocycles. The number of aromatic nitrogens is 2. The Bertz CT molecular complexity index is 811. The van der Waals surface area contributed by atoms with Gasteiger partial charge in [-0.2, -0.15) is 0 Å².